The van der Waals surface area contributed by atoms with Crippen LogP contribution in [-0.4, -0.2) is 32.4 Å². The summed E-state index contributed by atoms with van der Waals surface area (Å²) < 4.78 is 1.92. The number of benzene rings is 1. The first kappa shape index (κ1) is 14.7. The van der Waals surface area contributed by atoms with E-state index >= 15 is 0 Å². The van der Waals surface area contributed by atoms with Gasteiger partial charge in [0.15, 0.2) is 0 Å². The average molecular weight is 322 g/mol. The maximum absolute atomic E-state index is 12.5. The highest BCUT2D eigenvalue weighted by atomic mass is 16.2. The Labute approximate surface area is 139 Å². The zero-order valence-corrected chi connectivity index (χ0v) is 13.6. The highest BCUT2D eigenvalue weighted by Crippen LogP contribution is 2.41. The maximum atomic E-state index is 12.5. The summed E-state index contributed by atoms with van der Waals surface area (Å²) in [6, 6.07) is 7.58. The number of carbonyl (C=O) groups excluding carboxylic acids is 2. The van der Waals surface area contributed by atoms with Crippen LogP contribution in [0.2, 0.25) is 0 Å². The van der Waals surface area contributed by atoms with Crippen LogP contribution in [0.1, 0.15) is 25.8 Å². The molecule has 0 saturated carbocycles. The third-order valence-electron chi connectivity index (χ3n) is 4.76. The molecule has 0 aliphatic carbocycles. The molecule has 2 aliphatic rings. The standard InChI is InChI=1S/C18H18N4O2/c1-3-14-16-15(11(2)17(23)22(16)18(24)20-14)12-4-6-13(7-5-12)21-9-8-19-10-21/h4-11,14H,3H2,1-2H3,(H,20,24). The van der Waals surface area contributed by atoms with Crippen LogP contribution in [-0.2, 0) is 4.79 Å². The van der Waals surface area contributed by atoms with Crippen LogP contribution < -0.4 is 5.32 Å². The molecule has 6 nitrogen and oxygen atoms in total. The van der Waals surface area contributed by atoms with Crippen molar-refractivity contribution in [3.8, 4) is 5.69 Å². The number of rotatable bonds is 3. The lowest BCUT2D eigenvalue weighted by molar-refractivity contribution is -0.127. The smallest absolute Gasteiger partial charge is 0.329 e. The molecular weight excluding hydrogens is 304 g/mol. The molecule has 3 heterocycles. The van der Waals surface area contributed by atoms with Crippen molar-refractivity contribution in [3.63, 3.8) is 0 Å². The minimum Gasteiger partial charge on any atom is -0.329 e. The Morgan fingerprint density at radius 3 is 2.58 bits per heavy atom. The molecule has 0 spiro atoms. The second-order valence-corrected chi connectivity index (χ2v) is 6.12. The maximum Gasteiger partial charge on any atom is 0.329 e. The first-order valence-corrected chi connectivity index (χ1v) is 8.09. The van der Waals surface area contributed by atoms with Gasteiger partial charge in [-0.05, 0) is 36.6 Å². The summed E-state index contributed by atoms with van der Waals surface area (Å²) in [4.78, 5) is 30.0. The Kier molecular flexibility index (Phi) is 3.26. The topological polar surface area (TPSA) is 67.2 Å². The van der Waals surface area contributed by atoms with E-state index in [-0.39, 0.29) is 23.9 Å². The first-order chi connectivity index (χ1) is 11.6. The number of imide groups is 1. The zero-order valence-electron chi connectivity index (χ0n) is 13.6. The molecule has 1 N–H and O–H groups in total. The van der Waals surface area contributed by atoms with Crippen molar-refractivity contribution in [1.29, 1.82) is 0 Å². The highest BCUT2D eigenvalue weighted by molar-refractivity contribution is 6.10. The van der Waals surface area contributed by atoms with Crippen LogP contribution in [0.5, 0.6) is 0 Å². The van der Waals surface area contributed by atoms with Crippen molar-refractivity contribution in [2.24, 2.45) is 5.92 Å². The summed E-state index contributed by atoms with van der Waals surface area (Å²) >= 11 is 0. The monoisotopic (exact) mass is 322 g/mol. The summed E-state index contributed by atoms with van der Waals surface area (Å²) in [5.74, 6) is -0.452. The third kappa shape index (κ3) is 1.99. The van der Waals surface area contributed by atoms with Gasteiger partial charge in [0.25, 0.3) is 0 Å². The number of amides is 3. The lowest BCUT2D eigenvalue weighted by atomic mass is 9.92. The molecule has 2 atom stereocenters. The van der Waals surface area contributed by atoms with E-state index in [9.17, 15) is 9.59 Å². The third-order valence-corrected chi connectivity index (χ3v) is 4.76. The van der Waals surface area contributed by atoms with E-state index in [1.165, 1.54) is 4.90 Å². The van der Waals surface area contributed by atoms with Gasteiger partial charge in [-0.1, -0.05) is 19.1 Å². The van der Waals surface area contributed by atoms with Crippen molar-refractivity contribution in [2.45, 2.75) is 26.3 Å². The largest absolute Gasteiger partial charge is 0.329 e. The molecule has 0 radical (unpaired) electrons. The van der Waals surface area contributed by atoms with Crippen LogP contribution in [0.25, 0.3) is 11.3 Å². The predicted molar refractivity (Wildman–Crippen MR) is 89.1 cm³/mol. The minimum absolute atomic E-state index is 0.102. The summed E-state index contributed by atoms with van der Waals surface area (Å²) in [6.07, 6.45) is 6.12. The van der Waals surface area contributed by atoms with Crippen LogP contribution >= 0.6 is 0 Å². The lowest BCUT2D eigenvalue weighted by Gasteiger charge is -2.13. The van der Waals surface area contributed by atoms with Gasteiger partial charge in [-0.25, -0.2) is 14.7 Å². The molecule has 1 fully saturated rings. The Balaban J connectivity index is 1.79. The van der Waals surface area contributed by atoms with E-state index in [4.69, 9.17) is 0 Å². The molecule has 1 aromatic carbocycles. The Bertz CT molecular complexity index is 836. The molecule has 3 amide bonds. The van der Waals surface area contributed by atoms with Gasteiger partial charge in [-0.2, -0.15) is 0 Å². The average Bonchev–Trinajstić information content (AvgIpc) is 3.28. The number of imidazole rings is 1. The lowest BCUT2D eigenvalue weighted by Crippen LogP contribution is -2.33. The number of nitrogens with one attached hydrogen (secondary N) is 1. The fraction of sp³-hybridized carbons (Fsp3) is 0.278. The van der Waals surface area contributed by atoms with Gasteiger partial charge in [-0.3, -0.25) is 4.79 Å². The van der Waals surface area contributed by atoms with Gasteiger partial charge in [0.1, 0.15) is 0 Å². The zero-order chi connectivity index (χ0) is 16.8. The number of aromatic nitrogens is 2. The molecule has 6 heteroatoms. The number of carbonyl (C=O) groups is 2. The molecular formula is C18H18N4O2. The second kappa shape index (κ2) is 5.33. The van der Waals surface area contributed by atoms with Gasteiger partial charge in [-0.15, -0.1) is 0 Å². The van der Waals surface area contributed by atoms with E-state index in [1.54, 1.807) is 12.5 Å². The normalized spacial score (nSPS) is 23.0. The number of fused-ring (bicyclic) bond motifs is 1. The molecule has 2 unspecified atom stereocenters. The molecule has 1 aromatic heterocycles. The minimum atomic E-state index is -0.307. The van der Waals surface area contributed by atoms with Crippen molar-refractivity contribution < 1.29 is 9.59 Å². The molecule has 24 heavy (non-hydrogen) atoms. The van der Waals surface area contributed by atoms with Gasteiger partial charge >= 0.3 is 6.03 Å². The second-order valence-electron chi connectivity index (χ2n) is 6.12. The van der Waals surface area contributed by atoms with Gasteiger partial charge in [0, 0.05) is 18.1 Å². The quantitative estimate of drug-likeness (QED) is 0.944. The summed E-state index contributed by atoms with van der Waals surface area (Å²) in [6.45, 7) is 3.88. The Hall–Kier alpha value is -2.89. The van der Waals surface area contributed by atoms with Gasteiger partial charge in [0.2, 0.25) is 5.91 Å². The van der Waals surface area contributed by atoms with Crippen LogP contribution in [0, 0.1) is 5.92 Å². The highest BCUT2D eigenvalue weighted by Gasteiger charge is 2.48. The molecule has 4 rings (SSSR count). The Morgan fingerprint density at radius 1 is 1.21 bits per heavy atom. The van der Waals surface area contributed by atoms with E-state index in [0.717, 1.165) is 28.9 Å². The van der Waals surface area contributed by atoms with Crippen LogP contribution in [0.4, 0.5) is 4.79 Å². The first-order valence-electron chi connectivity index (χ1n) is 8.09. The van der Waals surface area contributed by atoms with Gasteiger partial charge in [0.05, 0.1) is 24.0 Å². The van der Waals surface area contributed by atoms with Gasteiger partial charge < -0.3 is 9.88 Å². The molecule has 2 aromatic rings. The van der Waals surface area contributed by atoms with Crippen molar-refractivity contribution in [2.75, 3.05) is 0 Å². The predicted octanol–water partition coefficient (Wildman–Crippen LogP) is 2.56. The number of nitrogens with zero attached hydrogens (tertiary/aromatic N) is 3. The molecule has 122 valence electrons. The van der Waals surface area contributed by atoms with Crippen molar-refractivity contribution in [3.05, 3.63) is 54.2 Å². The summed E-state index contributed by atoms with van der Waals surface area (Å²) in [5, 5.41) is 2.89. The summed E-state index contributed by atoms with van der Waals surface area (Å²) in [7, 11) is 0. The fourth-order valence-electron chi connectivity index (χ4n) is 3.53. The molecule has 0 bridgehead atoms. The van der Waals surface area contributed by atoms with Crippen LogP contribution in [0.15, 0.2) is 48.7 Å². The number of hydrogen-bond donors (Lipinski definition) is 1. The molecule has 1 saturated heterocycles. The van der Waals surface area contributed by atoms with Crippen molar-refractivity contribution >= 4 is 17.5 Å². The summed E-state index contributed by atoms with van der Waals surface area (Å²) in [5.41, 5.74) is 3.74. The SMILES string of the molecule is CCC1NC(=O)N2C(=O)C(C)C(c3ccc(-n4ccnc4)cc3)=C12. The van der Waals surface area contributed by atoms with E-state index in [1.807, 2.05) is 48.9 Å². The van der Waals surface area contributed by atoms with Crippen molar-refractivity contribution in [1.82, 2.24) is 19.8 Å². The molecule has 2 aliphatic heterocycles. The van der Waals surface area contributed by atoms with Crippen LogP contribution in [0.3, 0.4) is 0 Å². The number of urea groups is 1. The Morgan fingerprint density at radius 2 is 1.96 bits per heavy atom. The fourth-order valence-corrected chi connectivity index (χ4v) is 3.53. The number of hydrogen-bond acceptors (Lipinski definition) is 3. The van der Waals surface area contributed by atoms with E-state index in [2.05, 4.69) is 10.3 Å². The van der Waals surface area contributed by atoms with E-state index < -0.39 is 0 Å². The van der Waals surface area contributed by atoms with E-state index in [0.29, 0.717) is 0 Å².